The summed E-state index contributed by atoms with van der Waals surface area (Å²) in [6.07, 6.45) is 0. The minimum Gasteiger partial charge on any atom is -0.497 e. The van der Waals surface area contributed by atoms with Gasteiger partial charge < -0.3 is 40.7 Å². The number of aliphatic hydroxyl groups excluding tert-OH is 3. The van der Waals surface area contributed by atoms with Crippen molar-refractivity contribution in [2.75, 3.05) is 58.0 Å². The Labute approximate surface area is 268 Å². The van der Waals surface area contributed by atoms with Gasteiger partial charge in [0.1, 0.15) is 11.5 Å². The summed E-state index contributed by atoms with van der Waals surface area (Å²) >= 11 is 0. The molecule has 0 spiro atoms. The Morgan fingerprint density at radius 2 is 1.40 bits per heavy atom. The summed E-state index contributed by atoms with van der Waals surface area (Å²) in [5.74, 6) is 1.59. The van der Waals surface area contributed by atoms with Crippen LogP contribution in [0.15, 0.2) is 84.9 Å². The minimum atomic E-state index is -0.0897. The molecule has 4 aromatic carbocycles. The molecule has 0 radical (unpaired) electrons. The molecule has 0 saturated carbocycles. The molecule has 9 nitrogen and oxygen atoms in total. The van der Waals surface area contributed by atoms with Gasteiger partial charge in [0.05, 0.1) is 12.8 Å². The van der Waals surface area contributed by atoms with Crippen molar-refractivity contribution in [3.63, 3.8) is 0 Å². The van der Waals surface area contributed by atoms with Gasteiger partial charge in [-0.1, -0.05) is 48.5 Å². The first-order valence-electron chi connectivity index (χ1n) is 14.3. The predicted octanol–water partition coefficient (Wildman–Crippen LogP) is 6.11. The maximum absolute atomic E-state index is 10.9. The molecule has 9 heteroatoms. The normalized spacial score (nSPS) is 10.2. The summed E-state index contributed by atoms with van der Waals surface area (Å²) in [4.78, 5) is 10.9. The number of aryl methyl sites for hydroxylation is 3. The van der Waals surface area contributed by atoms with Crippen LogP contribution in [0.5, 0.6) is 11.5 Å². The Hall–Kier alpha value is -4.57. The highest BCUT2D eigenvalue weighted by atomic mass is 16.5. The first-order valence-corrected chi connectivity index (χ1v) is 14.3. The quantitative estimate of drug-likeness (QED) is 0.157. The van der Waals surface area contributed by atoms with Gasteiger partial charge in [0.15, 0.2) is 6.61 Å². The molecule has 246 valence electrons. The highest BCUT2D eigenvalue weighted by Crippen LogP contribution is 2.30. The van der Waals surface area contributed by atoms with E-state index in [1.54, 1.807) is 7.11 Å². The van der Waals surface area contributed by atoms with Crippen LogP contribution in [0, 0.1) is 27.7 Å². The Bertz CT molecular complexity index is 1380. The molecule has 0 saturated heterocycles. The van der Waals surface area contributed by atoms with Crippen molar-refractivity contribution >= 4 is 23.0 Å². The summed E-state index contributed by atoms with van der Waals surface area (Å²) in [5.41, 5.74) is 9.38. The summed E-state index contributed by atoms with van der Waals surface area (Å²) in [7, 11) is 6.63. The van der Waals surface area contributed by atoms with Crippen molar-refractivity contribution in [2.45, 2.75) is 34.2 Å². The molecule has 1 aliphatic heterocycles. The van der Waals surface area contributed by atoms with E-state index >= 15 is 0 Å². The monoisotopic (exact) mass is 621 g/mol. The number of carbonyl (C=O) groups excluding carboxylic acids is 1. The number of nitrogens with one attached hydrogen (secondary N) is 3. The lowest BCUT2D eigenvalue weighted by Crippen LogP contribution is -2.25. The van der Waals surface area contributed by atoms with E-state index in [1.807, 2.05) is 44.3 Å². The number of amides is 1. The summed E-state index contributed by atoms with van der Waals surface area (Å²) in [6.45, 7) is 9.25. The van der Waals surface area contributed by atoms with Crippen LogP contribution in [0.4, 0.5) is 17.1 Å². The van der Waals surface area contributed by atoms with Gasteiger partial charge in [-0.25, -0.2) is 0 Å². The van der Waals surface area contributed by atoms with Gasteiger partial charge in [-0.05, 0) is 91.9 Å². The number of rotatable bonds is 5. The number of hydrogen-bond acceptors (Lipinski definition) is 8. The standard InChI is InChI=1S/C15H17NO.C9H9NO2.C9H13N.3CH4O/c1-12-4-3-5-14(10-12)16-11-13-6-8-15(17-2)9-7-13;1-6-3-2-4-7-9(6)12-5-8(11)10-7;1-7-5-4-6-9(10-3)8(7)2;3*1-2/h3-10,16H,11H2,1-2H3;2-4H,5H2,1H3,(H,10,11);4-6,10H,1-3H3;3*2H,1H3. The van der Waals surface area contributed by atoms with Crippen molar-refractivity contribution in [3.8, 4) is 11.5 Å². The molecule has 5 rings (SSSR count). The fraction of sp³-hybridized carbons (Fsp3) is 0.306. The second kappa shape index (κ2) is 23.8. The van der Waals surface area contributed by atoms with E-state index in [0.29, 0.717) is 0 Å². The lowest BCUT2D eigenvalue weighted by atomic mass is 10.1. The predicted molar refractivity (Wildman–Crippen MR) is 187 cm³/mol. The third kappa shape index (κ3) is 14.6. The Morgan fingerprint density at radius 1 is 0.800 bits per heavy atom. The second-order valence-corrected chi connectivity index (χ2v) is 9.36. The fourth-order valence-corrected chi connectivity index (χ4v) is 3.99. The number of ether oxygens (including phenoxy) is 2. The molecule has 0 bridgehead atoms. The first-order chi connectivity index (χ1) is 21.8. The first kappa shape index (κ1) is 40.4. The van der Waals surface area contributed by atoms with E-state index in [9.17, 15) is 4.79 Å². The van der Waals surface area contributed by atoms with Crippen molar-refractivity contribution < 1.29 is 29.6 Å². The number of hydrogen-bond donors (Lipinski definition) is 6. The number of methoxy groups -OCH3 is 1. The van der Waals surface area contributed by atoms with Gasteiger partial charge in [-0.3, -0.25) is 4.79 Å². The zero-order valence-electron chi connectivity index (χ0n) is 28.1. The number of anilines is 3. The molecule has 0 aromatic heterocycles. The molecule has 1 heterocycles. The third-order valence-electron chi connectivity index (χ3n) is 6.38. The maximum Gasteiger partial charge on any atom is 0.262 e. The number of aliphatic hydroxyl groups is 3. The van der Waals surface area contributed by atoms with Crippen molar-refractivity contribution in [3.05, 3.63) is 113 Å². The van der Waals surface area contributed by atoms with Crippen LogP contribution in [0.2, 0.25) is 0 Å². The number of carbonyl (C=O) groups is 1. The molecule has 1 aliphatic rings. The molecule has 0 unspecified atom stereocenters. The largest absolute Gasteiger partial charge is 0.497 e. The molecular weight excluding hydrogens is 570 g/mol. The van der Waals surface area contributed by atoms with Crippen LogP contribution < -0.4 is 25.4 Å². The van der Waals surface area contributed by atoms with Gasteiger partial charge >= 0.3 is 0 Å². The lowest BCUT2D eigenvalue weighted by Gasteiger charge is -2.19. The summed E-state index contributed by atoms with van der Waals surface area (Å²) in [6, 6.07) is 28.4. The van der Waals surface area contributed by atoms with Gasteiger partial charge in [-0.15, -0.1) is 0 Å². The van der Waals surface area contributed by atoms with Gasteiger partial charge in [0.2, 0.25) is 0 Å². The smallest absolute Gasteiger partial charge is 0.262 e. The van der Waals surface area contributed by atoms with Crippen molar-refractivity contribution in [2.24, 2.45) is 0 Å². The average molecular weight is 622 g/mol. The highest BCUT2D eigenvalue weighted by molar-refractivity contribution is 5.95. The molecule has 0 fully saturated rings. The molecule has 4 aromatic rings. The average Bonchev–Trinajstić information content (AvgIpc) is 3.09. The van der Waals surface area contributed by atoms with Crippen LogP contribution in [0.25, 0.3) is 0 Å². The molecule has 45 heavy (non-hydrogen) atoms. The summed E-state index contributed by atoms with van der Waals surface area (Å²) < 4.78 is 10.4. The molecule has 0 atom stereocenters. The Morgan fingerprint density at radius 3 is 1.98 bits per heavy atom. The fourth-order valence-electron chi connectivity index (χ4n) is 3.99. The number of fused-ring (bicyclic) bond motifs is 1. The molecular formula is C36H51N3O6. The SMILES string of the molecule is CNc1cccc(C)c1C.CO.CO.CO.COc1ccc(CNc2cccc(C)c2)cc1.Cc1cccc2c1OCC(=O)N2. The zero-order chi connectivity index (χ0) is 34.2. The van der Waals surface area contributed by atoms with E-state index in [-0.39, 0.29) is 12.5 Å². The van der Waals surface area contributed by atoms with Crippen LogP contribution >= 0.6 is 0 Å². The van der Waals surface area contributed by atoms with E-state index in [0.717, 1.165) is 56.3 Å². The molecule has 6 N–H and O–H groups in total. The Kier molecular flexibility index (Phi) is 21.4. The van der Waals surface area contributed by atoms with E-state index in [1.165, 1.54) is 27.9 Å². The maximum atomic E-state index is 10.9. The molecule has 1 amide bonds. The highest BCUT2D eigenvalue weighted by Gasteiger charge is 2.16. The van der Waals surface area contributed by atoms with Crippen LogP contribution in [0.3, 0.4) is 0 Å². The molecule has 0 aliphatic carbocycles. The minimum absolute atomic E-state index is 0.0897. The van der Waals surface area contributed by atoms with Crippen LogP contribution in [-0.2, 0) is 11.3 Å². The van der Waals surface area contributed by atoms with Crippen LogP contribution in [-0.4, -0.2) is 63.3 Å². The number of para-hydroxylation sites is 1. The summed E-state index contributed by atoms with van der Waals surface area (Å²) in [5, 5.41) is 30.3. The third-order valence-corrected chi connectivity index (χ3v) is 6.38. The van der Waals surface area contributed by atoms with E-state index in [2.05, 4.69) is 91.3 Å². The zero-order valence-corrected chi connectivity index (χ0v) is 28.1. The van der Waals surface area contributed by atoms with E-state index < -0.39 is 0 Å². The van der Waals surface area contributed by atoms with Gasteiger partial charge in [0, 0.05) is 46.3 Å². The number of benzene rings is 4. The topological polar surface area (TPSA) is 132 Å². The van der Waals surface area contributed by atoms with Gasteiger partial charge in [0.25, 0.3) is 5.91 Å². The van der Waals surface area contributed by atoms with Crippen molar-refractivity contribution in [1.82, 2.24) is 0 Å². The van der Waals surface area contributed by atoms with E-state index in [4.69, 9.17) is 24.8 Å². The van der Waals surface area contributed by atoms with Crippen molar-refractivity contribution in [1.29, 1.82) is 0 Å². The Balaban J connectivity index is 0.000000613. The van der Waals surface area contributed by atoms with Crippen LogP contribution in [0.1, 0.15) is 27.8 Å². The van der Waals surface area contributed by atoms with Gasteiger partial charge in [-0.2, -0.15) is 0 Å². The lowest BCUT2D eigenvalue weighted by molar-refractivity contribution is -0.118. The second-order valence-electron chi connectivity index (χ2n) is 9.36.